The fraction of sp³-hybridized carbons (Fsp3) is 0.333. The number of hydrogen-bond donors (Lipinski definition) is 0. The molecule has 90 valence electrons. The molecule has 0 N–H and O–H groups in total. The quantitative estimate of drug-likeness (QED) is 0.772. The van der Waals surface area contributed by atoms with E-state index in [1.54, 1.807) is 36.3 Å². The van der Waals surface area contributed by atoms with Crippen molar-refractivity contribution in [1.29, 1.82) is 0 Å². The highest BCUT2D eigenvalue weighted by atomic mass is 35.5. The van der Waals surface area contributed by atoms with E-state index >= 15 is 0 Å². The van der Waals surface area contributed by atoms with E-state index in [1.807, 2.05) is 0 Å². The summed E-state index contributed by atoms with van der Waals surface area (Å²) in [5.41, 5.74) is 0.760. The van der Waals surface area contributed by atoms with Crippen LogP contribution >= 0.6 is 11.6 Å². The Labute approximate surface area is 104 Å². The summed E-state index contributed by atoms with van der Waals surface area (Å²) in [4.78, 5) is 24.3. The van der Waals surface area contributed by atoms with Gasteiger partial charge in [0.1, 0.15) is 5.75 Å². The van der Waals surface area contributed by atoms with Gasteiger partial charge in [0.15, 0.2) is 0 Å². The number of benzene rings is 1. The number of halogens is 1. The molecule has 1 aromatic carbocycles. The van der Waals surface area contributed by atoms with Gasteiger partial charge in [0.25, 0.3) is 0 Å². The van der Waals surface area contributed by atoms with Crippen LogP contribution in [0.3, 0.4) is 0 Å². The Morgan fingerprint density at radius 1 is 1.41 bits per heavy atom. The predicted molar refractivity (Wildman–Crippen MR) is 64.3 cm³/mol. The van der Waals surface area contributed by atoms with Crippen LogP contribution in [0.2, 0.25) is 0 Å². The zero-order valence-electron chi connectivity index (χ0n) is 9.35. The molecular weight excluding hydrogens is 242 g/mol. The molecular formula is C12H12ClNO3. The van der Waals surface area contributed by atoms with Crippen molar-refractivity contribution in [3.05, 3.63) is 24.3 Å². The second-order valence-corrected chi connectivity index (χ2v) is 4.28. The maximum Gasteiger partial charge on any atom is 0.227 e. The van der Waals surface area contributed by atoms with Crippen molar-refractivity contribution >= 4 is 28.4 Å². The molecule has 2 rings (SSSR count). The fourth-order valence-corrected chi connectivity index (χ4v) is 2.02. The SMILES string of the molecule is COc1ccc(N2C[C@H](C(=O)Cl)CC2=O)cc1. The number of methoxy groups -OCH3 is 1. The van der Waals surface area contributed by atoms with Gasteiger partial charge in [-0.1, -0.05) is 0 Å². The normalized spacial score (nSPS) is 19.5. The fourth-order valence-electron chi connectivity index (χ4n) is 1.87. The molecule has 0 bridgehead atoms. The number of hydrogen-bond acceptors (Lipinski definition) is 3. The minimum atomic E-state index is -0.450. The van der Waals surface area contributed by atoms with Crippen molar-refractivity contribution < 1.29 is 14.3 Å². The van der Waals surface area contributed by atoms with E-state index < -0.39 is 11.2 Å². The molecule has 0 aliphatic carbocycles. The lowest BCUT2D eigenvalue weighted by atomic mass is 10.1. The van der Waals surface area contributed by atoms with Crippen LogP contribution < -0.4 is 9.64 Å². The summed E-state index contributed by atoms with van der Waals surface area (Å²) in [5, 5.41) is -0.450. The minimum absolute atomic E-state index is 0.0748. The lowest BCUT2D eigenvalue weighted by molar-refractivity contribution is -0.120. The van der Waals surface area contributed by atoms with E-state index in [-0.39, 0.29) is 12.3 Å². The molecule has 5 heteroatoms. The van der Waals surface area contributed by atoms with Gasteiger partial charge in [0, 0.05) is 18.7 Å². The smallest absolute Gasteiger partial charge is 0.227 e. The Hall–Kier alpha value is -1.55. The van der Waals surface area contributed by atoms with Gasteiger partial charge < -0.3 is 9.64 Å². The van der Waals surface area contributed by atoms with Gasteiger partial charge in [0.05, 0.1) is 13.0 Å². The van der Waals surface area contributed by atoms with E-state index in [1.165, 1.54) is 0 Å². The Morgan fingerprint density at radius 3 is 2.53 bits per heavy atom. The number of carbonyl (C=O) groups excluding carboxylic acids is 2. The van der Waals surface area contributed by atoms with Crippen LogP contribution in [0.5, 0.6) is 5.75 Å². The summed E-state index contributed by atoms with van der Waals surface area (Å²) in [7, 11) is 1.58. The van der Waals surface area contributed by atoms with Crippen LogP contribution in [0.15, 0.2) is 24.3 Å². The molecule has 4 nitrogen and oxygen atoms in total. The van der Waals surface area contributed by atoms with Crippen molar-refractivity contribution in [3.8, 4) is 5.75 Å². The van der Waals surface area contributed by atoms with Crippen molar-refractivity contribution in [2.45, 2.75) is 6.42 Å². The zero-order valence-corrected chi connectivity index (χ0v) is 10.1. The summed E-state index contributed by atoms with van der Waals surface area (Å²) < 4.78 is 5.04. The summed E-state index contributed by atoms with van der Waals surface area (Å²) in [6, 6.07) is 7.13. The molecule has 1 aliphatic rings. The number of ether oxygens (including phenoxy) is 1. The first-order valence-corrected chi connectivity index (χ1v) is 5.63. The maximum atomic E-state index is 11.7. The highest BCUT2D eigenvalue weighted by molar-refractivity contribution is 6.64. The third kappa shape index (κ3) is 2.42. The summed E-state index contributed by atoms with van der Waals surface area (Å²) in [6.07, 6.45) is 0.189. The second kappa shape index (κ2) is 4.75. The molecule has 1 aliphatic heterocycles. The molecule has 1 amide bonds. The number of nitrogens with zero attached hydrogens (tertiary/aromatic N) is 1. The molecule has 1 saturated heterocycles. The number of anilines is 1. The third-order valence-electron chi connectivity index (χ3n) is 2.83. The average Bonchev–Trinajstić information content (AvgIpc) is 2.72. The van der Waals surface area contributed by atoms with Gasteiger partial charge in [-0.25, -0.2) is 0 Å². The molecule has 1 fully saturated rings. The van der Waals surface area contributed by atoms with Crippen LogP contribution in [0, 0.1) is 5.92 Å². The second-order valence-electron chi connectivity index (χ2n) is 3.91. The first-order valence-electron chi connectivity index (χ1n) is 5.25. The molecule has 1 atom stereocenters. The minimum Gasteiger partial charge on any atom is -0.497 e. The topological polar surface area (TPSA) is 46.6 Å². The van der Waals surface area contributed by atoms with E-state index in [9.17, 15) is 9.59 Å². The summed E-state index contributed by atoms with van der Waals surface area (Å²) in [5.74, 6) is 0.255. The van der Waals surface area contributed by atoms with Gasteiger partial charge >= 0.3 is 0 Å². The third-order valence-corrected chi connectivity index (χ3v) is 3.14. The van der Waals surface area contributed by atoms with Crippen LogP contribution in [0.1, 0.15) is 6.42 Å². The highest BCUT2D eigenvalue weighted by Crippen LogP contribution is 2.27. The van der Waals surface area contributed by atoms with Gasteiger partial charge in [-0.05, 0) is 35.9 Å². The molecule has 0 spiro atoms. The summed E-state index contributed by atoms with van der Waals surface area (Å²) in [6.45, 7) is 0.355. The molecule has 1 heterocycles. The Balaban J connectivity index is 2.17. The van der Waals surface area contributed by atoms with E-state index in [4.69, 9.17) is 16.3 Å². The number of carbonyl (C=O) groups is 2. The molecule has 0 unspecified atom stereocenters. The molecule has 1 aromatic rings. The Morgan fingerprint density at radius 2 is 2.06 bits per heavy atom. The average molecular weight is 254 g/mol. The monoisotopic (exact) mass is 253 g/mol. The van der Waals surface area contributed by atoms with E-state index in [0.29, 0.717) is 6.54 Å². The first-order chi connectivity index (χ1) is 8.11. The molecule has 0 aromatic heterocycles. The first kappa shape index (κ1) is 11.9. The zero-order chi connectivity index (χ0) is 12.4. The van der Waals surface area contributed by atoms with Crippen molar-refractivity contribution in [1.82, 2.24) is 0 Å². The van der Waals surface area contributed by atoms with Crippen molar-refractivity contribution in [3.63, 3.8) is 0 Å². The standard InChI is InChI=1S/C12H12ClNO3/c1-17-10-4-2-9(3-5-10)14-7-8(12(13)16)6-11(14)15/h2-5,8H,6-7H2,1H3/t8-/m1/s1. The maximum absolute atomic E-state index is 11.7. The van der Waals surface area contributed by atoms with Crippen molar-refractivity contribution in [2.75, 3.05) is 18.6 Å². The van der Waals surface area contributed by atoms with Gasteiger partial charge in [-0.3, -0.25) is 9.59 Å². The predicted octanol–water partition coefficient (Wildman–Crippen LogP) is 1.81. The van der Waals surface area contributed by atoms with Crippen LogP contribution in [-0.4, -0.2) is 24.8 Å². The Bertz CT molecular complexity index is 444. The number of amides is 1. The van der Waals surface area contributed by atoms with E-state index in [2.05, 4.69) is 0 Å². The van der Waals surface area contributed by atoms with Crippen LogP contribution in [-0.2, 0) is 9.59 Å². The lowest BCUT2D eigenvalue weighted by Gasteiger charge is -2.16. The Kier molecular flexibility index (Phi) is 3.33. The van der Waals surface area contributed by atoms with Crippen LogP contribution in [0.25, 0.3) is 0 Å². The molecule has 17 heavy (non-hydrogen) atoms. The molecule has 0 radical (unpaired) electrons. The number of rotatable bonds is 3. The lowest BCUT2D eigenvalue weighted by Crippen LogP contribution is -2.25. The van der Waals surface area contributed by atoms with Gasteiger partial charge in [-0.2, -0.15) is 0 Å². The van der Waals surface area contributed by atoms with Gasteiger partial charge in [-0.15, -0.1) is 0 Å². The van der Waals surface area contributed by atoms with Gasteiger partial charge in [0.2, 0.25) is 11.1 Å². The van der Waals surface area contributed by atoms with E-state index in [0.717, 1.165) is 11.4 Å². The molecule has 0 saturated carbocycles. The summed E-state index contributed by atoms with van der Waals surface area (Å²) >= 11 is 5.41. The van der Waals surface area contributed by atoms with Crippen LogP contribution in [0.4, 0.5) is 5.69 Å². The highest BCUT2D eigenvalue weighted by Gasteiger charge is 2.34. The van der Waals surface area contributed by atoms with Crippen molar-refractivity contribution in [2.24, 2.45) is 5.92 Å². The largest absolute Gasteiger partial charge is 0.497 e.